The van der Waals surface area contributed by atoms with E-state index in [1.54, 1.807) is 0 Å². The Morgan fingerprint density at radius 3 is 2.39 bits per heavy atom. The maximum Gasteiger partial charge on any atom is 0.243 e. The Balaban J connectivity index is 1.97. The molecule has 0 bridgehead atoms. The second-order valence-corrected chi connectivity index (χ2v) is 10.4. The lowest BCUT2D eigenvalue weighted by molar-refractivity contribution is 0.332. The lowest BCUT2D eigenvalue weighted by Crippen LogP contribution is -2.42. The normalized spacial score (nSPS) is 24.0. The highest BCUT2D eigenvalue weighted by Gasteiger charge is 2.46. The standard InChI is InChI=1S/C14H18ClNO5S2/c1-21-14-5-4-12(8-13(14)15)23(19,20)16(10-2-3-10)11-6-7-22(17,18)9-11/h4-5,8,10-11H,2-3,6-7,9H2,1H3/t11-/m1/s1. The average molecular weight is 380 g/mol. The first-order chi connectivity index (χ1) is 10.7. The Morgan fingerprint density at radius 1 is 1.22 bits per heavy atom. The van der Waals surface area contributed by atoms with Gasteiger partial charge in [0.2, 0.25) is 10.0 Å². The van der Waals surface area contributed by atoms with Crippen LogP contribution in [0.4, 0.5) is 0 Å². The number of nitrogens with zero attached hydrogens (tertiary/aromatic N) is 1. The summed E-state index contributed by atoms with van der Waals surface area (Å²) in [6.45, 7) is 0. The Morgan fingerprint density at radius 2 is 1.91 bits per heavy atom. The molecule has 0 radical (unpaired) electrons. The zero-order chi connectivity index (χ0) is 16.8. The van der Waals surface area contributed by atoms with Crippen molar-refractivity contribution in [2.24, 2.45) is 0 Å². The van der Waals surface area contributed by atoms with Gasteiger partial charge in [-0.2, -0.15) is 4.31 Å². The number of methoxy groups -OCH3 is 1. The molecular weight excluding hydrogens is 362 g/mol. The quantitative estimate of drug-likeness (QED) is 0.777. The smallest absolute Gasteiger partial charge is 0.243 e. The van der Waals surface area contributed by atoms with E-state index in [0.29, 0.717) is 12.2 Å². The van der Waals surface area contributed by atoms with Crippen LogP contribution in [-0.2, 0) is 19.9 Å². The van der Waals surface area contributed by atoms with Crippen LogP contribution in [0.5, 0.6) is 5.75 Å². The summed E-state index contributed by atoms with van der Waals surface area (Å²) in [5, 5.41) is 0.211. The summed E-state index contributed by atoms with van der Waals surface area (Å²) in [5.74, 6) is 0.332. The second kappa shape index (κ2) is 5.91. The molecule has 9 heteroatoms. The summed E-state index contributed by atoms with van der Waals surface area (Å²) in [5.41, 5.74) is 0. The summed E-state index contributed by atoms with van der Waals surface area (Å²) < 4.78 is 55.9. The molecule has 1 saturated heterocycles. The lowest BCUT2D eigenvalue weighted by atomic mass is 10.2. The monoisotopic (exact) mass is 379 g/mol. The van der Waals surface area contributed by atoms with E-state index in [1.165, 1.54) is 29.6 Å². The number of rotatable bonds is 5. The van der Waals surface area contributed by atoms with E-state index in [-0.39, 0.29) is 27.5 Å². The van der Waals surface area contributed by atoms with E-state index in [2.05, 4.69) is 0 Å². The molecule has 2 fully saturated rings. The second-order valence-electron chi connectivity index (χ2n) is 5.92. The molecule has 1 atom stereocenters. The minimum absolute atomic E-state index is 0.0414. The van der Waals surface area contributed by atoms with Gasteiger partial charge in [-0.25, -0.2) is 16.8 Å². The molecule has 1 aliphatic carbocycles. The summed E-state index contributed by atoms with van der Waals surface area (Å²) >= 11 is 6.04. The number of halogens is 1. The van der Waals surface area contributed by atoms with Crippen LogP contribution in [0.1, 0.15) is 19.3 Å². The molecule has 128 valence electrons. The SMILES string of the molecule is COc1ccc(S(=O)(=O)N(C2CC2)[C@@H]2CCS(=O)(=O)C2)cc1Cl. The maximum absolute atomic E-state index is 13.0. The van der Waals surface area contributed by atoms with Gasteiger partial charge in [0, 0.05) is 12.1 Å². The zero-order valence-electron chi connectivity index (χ0n) is 12.6. The van der Waals surface area contributed by atoms with E-state index in [1.807, 2.05) is 0 Å². The van der Waals surface area contributed by atoms with Crippen LogP contribution in [0.3, 0.4) is 0 Å². The van der Waals surface area contributed by atoms with Crippen molar-refractivity contribution in [2.75, 3.05) is 18.6 Å². The molecule has 1 aromatic carbocycles. The molecule has 1 heterocycles. The van der Waals surface area contributed by atoms with E-state index >= 15 is 0 Å². The van der Waals surface area contributed by atoms with E-state index < -0.39 is 25.9 Å². The predicted octanol–water partition coefficient (Wildman–Crippen LogP) is 1.69. The molecule has 1 aliphatic heterocycles. The molecule has 1 aromatic rings. The molecule has 3 rings (SSSR count). The minimum Gasteiger partial charge on any atom is -0.495 e. The van der Waals surface area contributed by atoms with Crippen molar-refractivity contribution >= 4 is 31.5 Å². The third-order valence-corrected chi connectivity index (χ3v) is 8.22. The van der Waals surface area contributed by atoms with Crippen LogP contribution in [0, 0.1) is 0 Å². The predicted molar refractivity (Wildman–Crippen MR) is 87.1 cm³/mol. The van der Waals surface area contributed by atoms with Gasteiger partial charge in [-0.1, -0.05) is 11.6 Å². The Hall–Kier alpha value is -0.830. The largest absolute Gasteiger partial charge is 0.495 e. The fraction of sp³-hybridized carbons (Fsp3) is 0.571. The lowest BCUT2D eigenvalue weighted by Gasteiger charge is -2.27. The molecule has 0 spiro atoms. The summed E-state index contributed by atoms with van der Waals surface area (Å²) in [6, 6.07) is 3.71. The van der Waals surface area contributed by atoms with E-state index in [4.69, 9.17) is 16.3 Å². The topological polar surface area (TPSA) is 80.8 Å². The highest BCUT2D eigenvalue weighted by molar-refractivity contribution is 7.92. The van der Waals surface area contributed by atoms with Crippen LogP contribution >= 0.6 is 11.6 Å². The van der Waals surface area contributed by atoms with Gasteiger partial charge < -0.3 is 4.74 Å². The Kier molecular flexibility index (Phi) is 4.37. The number of sulfone groups is 1. The van der Waals surface area contributed by atoms with Gasteiger partial charge in [0.15, 0.2) is 9.84 Å². The van der Waals surface area contributed by atoms with Gasteiger partial charge in [-0.3, -0.25) is 0 Å². The molecule has 0 amide bonds. The minimum atomic E-state index is -3.79. The van der Waals surface area contributed by atoms with Gasteiger partial charge in [0.25, 0.3) is 0 Å². The Labute approximate surface area is 141 Å². The summed E-state index contributed by atoms with van der Waals surface area (Å²) in [7, 11) is -5.50. The molecule has 2 aliphatic rings. The van der Waals surface area contributed by atoms with Crippen molar-refractivity contribution in [3.8, 4) is 5.75 Å². The van der Waals surface area contributed by atoms with Crippen LogP contribution in [0.2, 0.25) is 5.02 Å². The fourth-order valence-electron chi connectivity index (χ4n) is 2.93. The van der Waals surface area contributed by atoms with Crippen LogP contribution < -0.4 is 4.74 Å². The van der Waals surface area contributed by atoms with Crippen molar-refractivity contribution in [1.29, 1.82) is 0 Å². The summed E-state index contributed by atoms with van der Waals surface area (Å²) in [6.07, 6.45) is 1.88. The van der Waals surface area contributed by atoms with Crippen molar-refractivity contribution in [1.82, 2.24) is 4.31 Å². The third kappa shape index (κ3) is 3.35. The van der Waals surface area contributed by atoms with E-state index in [0.717, 1.165) is 12.8 Å². The molecule has 0 N–H and O–H groups in total. The van der Waals surface area contributed by atoms with Crippen molar-refractivity contribution < 1.29 is 21.6 Å². The molecule has 6 nitrogen and oxygen atoms in total. The number of ether oxygens (including phenoxy) is 1. The number of hydrogen-bond acceptors (Lipinski definition) is 5. The molecule has 1 saturated carbocycles. The van der Waals surface area contributed by atoms with Gasteiger partial charge >= 0.3 is 0 Å². The van der Waals surface area contributed by atoms with Crippen molar-refractivity contribution in [3.63, 3.8) is 0 Å². The zero-order valence-corrected chi connectivity index (χ0v) is 15.0. The van der Waals surface area contributed by atoms with Gasteiger partial charge in [0.05, 0.1) is 28.5 Å². The van der Waals surface area contributed by atoms with Crippen molar-refractivity contribution in [2.45, 2.75) is 36.2 Å². The molecule has 0 aromatic heterocycles. The molecule has 23 heavy (non-hydrogen) atoms. The third-order valence-electron chi connectivity index (χ3n) is 4.17. The van der Waals surface area contributed by atoms with Gasteiger partial charge in [0.1, 0.15) is 5.75 Å². The summed E-state index contributed by atoms with van der Waals surface area (Å²) in [4.78, 5) is 0.0690. The highest BCUT2D eigenvalue weighted by atomic mass is 35.5. The first-order valence-electron chi connectivity index (χ1n) is 7.32. The average Bonchev–Trinajstić information content (AvgIpc) is 3.22. The van der Waals surface area contributed by atoms with Gasteiger partial charge in [-0.15, -0.1) is 0 Å². The van der Waals surface area contributed by atoms with E-state index in [9.17, 15) is 16.8 Å². The van der Waals surface area contributed by atoms with Crippen LogP contribution in [0.25, 0.3) is 0 Å². The molecule has 0 unspecified atom stereocenters. The Bertz CT molecular complexity index is 818. The number of benzene rings is 1. The van der Waals surface area contributed by atoms with Gasteiger partial charge in [-0.05, 0) is 37.5 Å². The van der Waals surface area contributed by atoms with Crippen molar-refractivity contribution in [3.05, 3.63) is 23.2 Å². The van der Waals surface area contributed by atoms with Crippen LogP contribution in [-0.4, -0.2) is 51.8 Å². The first-order valence-corrected chi connectivity index (χ1v) is 11.0. The maximum atomic E-state index is 13.0. The first kappa shape index (κ1) is 17.0. The number of sulfonamides is 1. The number of hydrogen-bond donors (Lipinski definition) is 0. The fourth-order valence-corrected chi connectivity index (χ4v) is 6.98. The van der Waals surface area contributed by atoms with Crippen LogP contribution in [0.15, 0.2) is 23.1 Å². The molecular formula is C14H18ClNO5S2. The highest BCUT2D eigenvalue weighted by Crippen LogP contribution is 2.38.